The van der Waals surface area contributed by atoms with Gasteiger partial charge in [-0.05, 0) is 44.8 Å². The second kappa shape index (κ2) is 4.79. The Kier molecular flexibility index (Phi) is 2.81. The van der Waals surface area contributed by atoms with Crippen LogP contribution in [0.2, 0.25) is 0 Å². The fourth-order valence-electron chi connectivity index (χ4n) is 4.34. The highest BCUT2D eigenvalue weighted by Gasteiger charge is 2.52. The summed E-state index contributed by atoms with van der Waals surface area (Å²) in [4.78, 5) is 17.8. The number of imidazole rings is 1. The van der Waals surface area contributed by atoms with Gasteiger partial charge in [0.1, 0.15) is 17.1 Å². The minimum Gasteiger partial charge on any atom is -0.307 e. The molecule has 6 nitrogen and oxygen atoms in total. The van der Waals surface area contributed by atoms with Gasteiger partial charge in [-0.1, -0.05) is 0 Å². The van der Waals surface area contributed by atoms with Gasteiger partial charge < -0.3 is 9.30 Å². The third-order valence-electron chi connectivity index (χ3n) is 5.49. The van der Waals surface area contributed by atoms with E-state index < -0.39 is 0 Å². The second-order valence-electron chi connectivity index (χ2n) is 7.09. The molecule has 0 aromatic carbocycles. The Hall–Kier alpha value is -1.92. The number of aromatic nitrogens is 2. The molecule has 2 bridgehead atoms. The maximum Gasteiger partial charge on any atom is 0.139 e. The topological polar surface area (TPSA) is 54.2 Å². The SMILES string of the molecule is Cc1cn2ccc(N=C3CC4(CN5CCC4CC5)ON3)cc2n1. The standard InChI is InChI=1S/C17H21N5O/c1-12-10-22-7-4-14(8-16(22)18-12)19-15-9-17(23-20-15)11-21-5-2-13(17)3-6-21/h4,7-8,10,13H,2-3,5-6,9,11H2,1H3,(H,19,20). The number of rotatable bonds is 1. The van der Waals surface area contributed by atoms with Crippen molar-refractivity contribution in [2.75, 3.05) is 19.6 Å². The van der Waals surface area contributed by atoms with Crippen LogP contribution in [-0.4, -0.2) is 45.4 Å². The number of pyridine rings is 1. The van der Waals surface area contributed by atoms with E-state index in [4.69, 9.17) is 9.83 Å². The molecule has 1 atom stereocenters. The second-order valence-corrected chi connectivity index (χ2v) is 7.09. The van der Waals surface area contributed by atoms with Gasteiger partial charge in [0.25, 0.3) is 0 Å². The minimum absolute atomic E-state index is 0.0661. The van der Waals surface area contributed by atoms with E-state index in [1.54, 1.807) is 0 Å². The number of amidine groups is 1. The van der Waals surface area contributed by atoms with E-state index in [0.29, 0.717) is 5.92 Å². The normalized spacial score (nSPS) is 34.6. The van der Waals surface area contributed by atoms with E-state index in [9.17, 15) is 0 Å². The Morgan fingerprint density at radius 3 is 3.04 bits per heavy atom. The number of hydrogen-bond donors (Lipinski definition) is 1. The molecule has 4 aliphatic heterocycles. The molecular formula is C17H21N5O. The van der Waals surface area contributed by atoms with Gasteiger partial charge >= 0.3 is 0 Å². The quantitative estimate of drug-likeness (QED) is 0.876. The zero-order valence-electron chi connectivity index (χ0n) is 13.3. The predicted molar refractivity (Wildman–Crippen MR) is 87.8 cm³/mol. The molecule has 2 aromatic heterocycles. The highest BCUT2D eigenvalue weighted by atomic mass is 16.7. The average Bonchev–Trinajstić information content (AvgIpc) is 3.11. The summed E-state index contributed by atoms with van der Waals surface area (Å²) in [6, 6.07) is 4.04. The van der Waals surface area contributed by atoms with Crippen LogP contribution in [0.5, 0.6) is 0 Å². The van der Waals surface area contributed by atoms with Gasteiger partial charge in [-0.15, -0.1) is 0 Å². The van der Waals surface area contributed by atoms with Crippen molar-refractivity contribution in [3.05, 3.63) is 30.2 Å². The number of nitrogens with one attached hydrogen (secondary N) is 1. The van der Waals surface area contributed by atoms with Crippen molar-refractivity contribution in [2.24, 2.45) is 10.9 Å². The summed E-state index contributed by atoms with van der Waals surface area (Å²) >= 11 is 0. The van der Waals surface area contributed by atoms with Crippen LogP contribution in [0.4, 0.5) is 5.69 Å². The largest absolute Gasteiger partial charge is 0.307 e. The molecule has 4 fully saturated rings. The molecule has 4 aliphatic rings. The summed E-state index contributed by atoms with van der Waals surface area (Å²) in [7, 11) is 0. The van der Waals surface area contributed by atoms with Crippen LogP contribution in [0, 0.1) is 12.8 Å². The fraction of sp³-hybridized carbons (Fsp3) is 0.529. The smallest absolute Gasteiger partial charge is 0.139 e. The van der Waals surface area contributed by atoms with Crippen LogP contribution in [0.25, 0.3) is 5.65 Å². The first-order chi connectivity index (χ1) is 11.2. The zero-order valence-corrected chi connectivity index (χ0v) is 13.3. The highest BCUT2D eigenvalue weighted by Crippen LogP contribution is 2.42. The van der Waals surface area contributed by atoms with Crippen LogP contribution >= 0.6 is 0 Å². The molecule has 1 unspecified atom stereocenters. The Morgan fingerprint density at radius 1 is 1.39 bits per heavy atom. The van der Waals surface area contributed by atoms with E-state index >= 15 is 0 Å². The summed E-state index contributed by atoms with van der Waals surface area (Å²) < 4.78 is 2.02. The number of piperidine rings is 3. The number of aryl methyl sites for hydroxylation is 1. The van der Waals surface area contributed by atoms with Gasteiger partial charge in [0, 0.05) is 31.4 Å². The lowest BCUT2D eigenvalue weighted by atomic mass is 9.74. The van der Waals surface area contributed by atoms with Crippen molar-refractivity contribution in [3.8, 4) is 0 Å². The van der Waals surface area contributed by atoms with Crippen LogP contribution in [-0.2, 0) is 4.84 Å². The highest BCUT2D eigenvalue weighted by molar-refractivity contribution is 5.86. The summed E-state index contributed by atoms with van der Waals surface area (Å²) in [6.45, 7) is 5.47. The summed E-state index contributed by atoms with van der Waals surface area (Å²) in [5, 5.41) is 0. The predicted octanol–water partition coefficient (Wildman–Crippen LogP) is 2.06. The molecule has 120 valence electrons. The van der Waals surface area contributed by atoms with Crippen LogP contribution in [0.1, 0.15) is 25.0 Å². The molecule has 6 heteroatoms. The first-order valence-electron chi connectivity index (χ1n) is 8.40. The molecule has 0 amide bonds. The molecule has 0 saturated carbocycles. The van der Waals surface area contributed by atoms with Crippen LogP contribution in [0.15, 0.2) is 29.5 Å². The maximum absolute atomic E-state index is 6.05. The number of hydrogen-bond acceptors (Lipinski definition) is 4. The van der Waals surface area contributed by atoms with E-state index in [-0.39, 0.29) is 5.60 Å². The van der Waals surface area contributed by atoms with Gasteiger partial charge in [-0.2, -0.15) is 0 Å². The lowest BCUT2D eigenvalue weighted by Crippen LogP contribution is -2.59. The first-order valence-corrected chi connectivity index (χ1v) is 8.40. The van der Waals surface area contributed by atoms with Crippen molar-refractivity contribution in [3.63, 3.8) is 0 Å². The van der Waals surface area contributed by atoms with Gasteiger partial charge in [0.2, 0.25) is 0 Å². The molecule has 23 heavy (non-hydrogen) atoms. The molecule has 6 rings (SSSR count). The van der Waals surface area contributed by atoms with Crippen molar-refractivity contribution in [1.29, 1.82) is 0 Å². The summed E-state index contributed by atoms with van der Waals surface area (Å²) in [5.74, 6) is 1.59. The van der Waals surface area contributed by atoms with Crippen LogP contribution < -0.4 is 5.48 Å². The number of hydroxylamine groups is 1. The third kappa shape index (κ3) is 2.16. The van der Waals surface area contributed by atoms with E-state index in [1.165, 1.54) is 25.9 Å². The summed E-state index contributed by atoms with van der Waals surface area (Å²) in [6.07, 6.45) is 7.40. The Morgan fingerprint density at radius 2 is 2.26 bits per heavy atom. The molecule has 0 aliphatic carbocycles. The monoisotopic (exact) mass is 311 g/mol. The average molecular weight is 311 g/mol. The van der Waals surface area contributed by atoms with E-state index in [0.717, 1.165) is 35.8 Å². The summed E-state index contributed by atoms with van der Waals surface area (Å²) in [5.41, 5.74) is 5.91. The Balaban J connectivity index is 1.42. The van der Waals surface area contributed by atoms with Crippen molar-refractivity contribution in [2.45, 2.75) is 31.8 Å². The zero-order chi connectivity index (χ0) is 15.4. The molecule has 1 N–H and O–H groups in total. The van der Waals surface area contributed by atoms with Crippen molar-refractivity contribution < 1.29 is 4.84 Å². The first kappa shape index (κ1) is 13.5. The molecule has 6 heterocycles. The van der Waals surface area contributed by atoms with E-state index in [2.05, 4.69) is 15.4 Å². The Bertz CT molecular complexity index is 789. The van der Waals surface area contributed by atoms with Crippen molar-refractivity contribution in [1.82, 2.24) is 19.8 Å². The Labute approximate surface area is 135 Å². The third-order valence-corrected chi connectivity index (χ3v) is 5.49. The van der Waals surface area contributed by atoms with Gasteiger partial charge in [-0.3, -0.25) is 10.3 Å². The number of aliphatic imine (C=N–C) groups is 1. The molecule has 4 saturated heterocycles. The lowest BCUT2D eigenvalue weighted by molar-refractivity contribution is -0.150. The van der Waals surface area contributed by atoms with E-state index in [1.807, 2.05) is 35.9 Å². The number of fused-ring (bicyclic) bond motifs is 3. The lowest BCUT2D eigenvalue weighted by Gasteiger charge is -2.49. The number of nitrogens with zero attached hydrogens (tertiary/aromatic N) is 4. The minimum atomic E-state index is -0.0661. The van der Waals surface area contributed by atoms with Gasteiger partial charge in [0.05, 0.1) is 11.4 Å². The van der Waals surface area contributed by atoms with Crippen molar-refractivity contribution >= 4 is 17.2 Å². The molecule has 0 radical (unpaired) electrons. The maximum atomic E-state index is 6.05. The van der Waals surface area contributed by atoms with Gasteiger partial charge in [0.15, 0.2) is 0 Å². The molecular weight excluding hydrogens is 290 g/mol. The van der Waals surface area contributed by atoms with Gasteiger partial charge in [-0.25, -0.2) is 9.98 Å². The van der Waals surface area contributed by atoms with Crippen LogP contribution in [0.3, 0.4) is 0 Å². The molecule has 1 spiro atoms. The fourth-order valence-corrected chi connectivity index (χ4v) is 4.34. The molecule has 2 aromatic rings.